The van der Waals surface area contributed by atoms with Crippen molar-refractivity contribution in [2.45, 2.75) is 12.8 Å². The molecule has 1 heterocycles. The Labute approximate surface area is 175 Å². The number of anilines is 1. The van der Waals surface area contributed by atoms with Crippen molar-refractivity contribution < 1.29 is 14.8 Å². The topological polar surface area (TPSA) is 72.9 Å². The number of rotatable bonds is 5. The highest BCUT2D eigenvalue weighted by atomic mass is 35.5. The zero-order chi connectivity index (χ0) is 20.8. The first-order chi connectivity index (χ1) is 14.0. The van der Waals surface area contributed by atoms with Crippen molar-refractivity contribution in [3.8, 4) is 0 Å². The van der Waals surface area contributed by atoms with Gasteiger partial charge >= 0.3 is 0 Å². The molecule has 0 spiro atoms. The molecule has 0 saturated carbocycles. The largest absolute Gasteiger partial charge is 0.367 e. The molecule has 7 heteroatoms. The molecule has 0 bridgehead atoms. The van der Waals surface area contributed by atoms with Crippen LogP contribution < -0.4 is 10.4 Å². The van der Waals surface area contributed by atoms with Crippen LogP contribution in [-0.2, 0) is 9.59 Å². The summed E-state index contributed by atoms with van der Waals surface area (Å²) in [6, 6.07) is 15.1. The van der Waals surface area contributed by atoms with Gasteiger partial charge in [0.2, 0.25) is 5.91 Å². The highest BCUT2D eigenvalue weighted by Gasteiger charge is 2.26. The molecular formula is C22H24ClN3O3. The summed E-state index contributed by atoms with van der Waals surface area (Å²) in [5.41, 5.74) is 4.42. The number of piperazine rings is 1. The molecule has 3 rings (SSSR count). The number of benzene rings is 2. The van der Waals surface area contributed by atoms with Crippen LogP contribution in [0.25, 0.3) is 6.08 Å². The first kappa shape index (κ1) is 20.9. The molecule has 152 valence electrons. The first-order valence-electron chi connectivity index (χ1n) is 9.50. The lowest BCUT2D eigenvalue weighted by Crippen LogP contribution is -2.50. The van der Waals surface area contributed by atoms with E-state index in [9.17, 15) is 9.59 Å². The number of nitrogens with one attached hydrogen (secondary N) is 1. The van der Waals surface area contributed by atoms with Gasteiger partial charge < -0.3 is 9.80 Å². The number of halogens is 1. The smallest absolute Gasteiger partial charge is 0.267 e. The van der Waals surface area contributed by atoms with Crippen LogP contribution in [0.2, 0.25) is 5.02 Å². The van der Waals surface area contributed by atoms with E-state index in [1.165, 1.54) is 6.08 Å². The summed E-state index contributed by atoms with van der Waals surface area (Å²) in [5, 5.41) is 9.31. The third-order valence-corrected chi connectivity index (χ3v) is 5.39. The molecule has 0 aliphatic carbocycles. The number of hydrogen-bond donors (Lipinski definition) is 2. The molecule has 1 atom stereocenters. The lowest BCUT2D eigenvalue weighted by Gasteiger charge is -2.38. The summed E-state index contributed by atoms with van der Waals surface area (Å²) in [4.78, 5) is 28.3. The van der Waals surface area contributed by atoms with E-state index >= 15 is 0 Å². The molecule has 1 unspecified atom stereocenters. The minimum atomic E-state index is -0.577. The lowest BCUT2D eigenvalue weighted by molar-refractivity contribution is -0.132. The van der Waals surface area contributed by atoms with Crippen LogP contribution in [0, 0.1) is 0 Å². The second kappa shape index (κ2) is 9.58. The summed E-state index contributed by atoms with van der Waals surface area (Å²) < 4.78 is 0. The van der Waals surface area contributed by atoms with Crippen LogP contribution in [0.3, 0.4) is 0 Å². The molecule has 6 nitrogen and oxygen atoms in total. The van der Waals surface area contributed by atoms with Crippen molar-refractivity contribution in [3.05, 3.63) is 70.8 Å². The molecule has 1 fully saturated rings. The Bertz CT molecular complexity index is 890. The first-order valence-corrected chi connectivity index (χ1v) is 9.88. The van der Waals surface area contributed by atoms with Crippen LogP contribution in [0.15, 0.2) is 54.6 Å². The summed E-state index contributed by atoms with van der Waals surface area (Å²) >= 11 is 5.94. The minimum absolute atomic E-state index is 0.111. The van der Waals surface area contributed by atoms with Gasteiger partial charge in [0.15, 0.2) is 0 Å². The van der Waals surface area contributed by atoms with Crippen molar-refractivity contribution in [2.24, 2.45) is 0 Å². The zero-order valence-corrected chi connectivity index (χ0v) is 17.0. The molecule has 2 N–H and O–H groups in total. The quantitative estimate of drug-likeness (QED) is 0.448. The number of carbonyl (C=O) groups is 2. The number of amides is 2. The fourth-order valence-corrected chi connectivity index (χ4v) is 3.58. The van der Waals surface area contributed by atoms with E-state index in [1.54, 1.807) is 23.7 Å². The number of hydroxylamine groups is 1. The Morgan fingerprint density at radius 3 is 2.38 bits per heavy atom. The molecule has 2 aromatic rings. The van der Waals surface area contributed by atoms with Gasteiger partial charge in [-0.25, -0.2) is 5.48 Å². The predicted molar refractivity (Wildman–Crippen MR) is 114 cm³/mol. The van der Waals surface area contributed by atoms with Gasteiger partial charge in [0.25, 0.3) is 5.91 Å². The second-order valence-corrected chi connectivity index (χ2v) is 7.39. The monoisotopic (exact) mass is 413 g/mol. The van der Waals surface area contributed by atoms with Gasteiger partial charge in [-0.2, -0.15) is 0 Å². The van der Waals surface area contributed by atoms with Crippen LogP contribution in [-0.4, -0.2) is 48.1 Å². The standard InChI is InChI=1S/C22H24ClN3O3/c1-16(17-6-9-19(23)10-7-17)22(28)26-14-12-25(13-15-26)20-5-3-2-4-18(20)8-11-21(27)24-29/h2-11,16,29H,12-15H2,1H3,(H,24,27). The Balaban J connectivity index is 1.65. The summed E-state index contributed by atoms with van der Waals surface area (Å²) in [5.74, 6) is -0.683. The molecular weight excluding hydrogens is 390 g/mol. The number of carbonyl (C=O) groups excluding carboxylic acids is 2. The summed E-state index contributed by atoms with van der Waals surface area (Å²) in [6.07, 6.45) is 2.95. The van der Waals surface area contributed by atoms with Crippen molar-refractivity contribution in [3.63, 3.8) is 0 Å². The Morgan fingerprint density at radius 1 is 1.07 bits per heavy atom. The third kappa shape index (κ3) is 5.16. The summed E-state index contributed by atoms with van der Waals surface area (Å²) in [6.45, 7) is 4.59. The number of para-hydroxylation sites is 1. The highest BCUT2D eigenvalue weighted by molar-refractivity contribution is 6.30. The van der Waals surface area contributed by atoms with E-state index < -0.39 is 5.91 Å². The average Bonchev–Trinajstić information content (AvgIpc) is 2.77. The maximum atomic E-state index is 12.9. The van der Waals surface area contributed by atoms with Crippen molar-refractivity contribution in [1.29, 1.82) is 0 Å². The van der Waals surface area contributed by atoms with E-state index in [0.717, 1.165) is 16.8 Å². The Hall–Kier alpha value is -2.83. The molecule has 0 radical (unpaired) electrons. The number of nitrogens with zero attached hydrogens (tertiary/aromatic N) is 2. The van der Waals surface area contributed by atoms with E-state index in [1.807, 2.05) is 48.2 Å². The van der Waals surface area contributed by atoms with E-state index in [-0.39, 0.29) is 11.8 Å². The lowest BCUT2D eigenvalue weighted by atomic mass is 9.99. The predicted octanol–water partition coefficient (Wildman–Crippen LogP) is 3.31. The average molecular weight is 414 g/mol. The minimum Gasteiger partial charge on any atom is -0.367 e. The van der Waals surface area contributed by atoms with Crippen molar-refractivity contribution >= 4 is 35.2 Å². The maximum absolute atomic E-state index is 12.9. The van der Waals surface area contributed by atoms with Crippen LogP contribution in [0.5, 0.6) is 0 Å². The van der Waals surface area contributed by atoms with E-state index in [0.29, 0.717) is 31.2 Å². The molecule has 2 amide bonds. The van der Waals surface area contributed by atoms with Gasteiger partial charge in [0, 0.05) is 43.0 Å². The molecule has 0 aromatic heterocycles. The fourth-order valence-electron chi connectivity index (χ4n) is 3.45. The zero-order valence-electron chi connectivity index (χ0n) is 16.2. The Kier molecular flexibility index (Phi) is 6.90. The van der Waals surface area contributed by atoms with E-state index in [2.05, 4.69) is 4.90 Å². The number of hydrogen-bond acceptors (Lipinski definition) is 4. The fraction of sp³-hybridized carbons (Fsp3) is 0.273. The SMILES string of the molecule is CC(C(=O)N1CCN(c2ccccc2C=CC(=O)NO)CC1)c1ccc(Cl)cc1. The Morgan fingerprint density at radius 2 is 1.72 bits per heavy atom. The van der Waals surface area contributed by atoms with Gasteiger partial charge in [-0.15, -0.1) is 0 Å². The van der Waals surface area contributed by atoms with Gasteiger partial charge in [0.1, 0.15) is 0 Å². The normalized spacial score (nSPS) is 15.4. The molecule has 1 saturated heterocycles. The van der Waals surface area contributed by atoms with Crippen LogP contribution >= 0.6 is 11.6 Å². The van der Waals surface area contributed by atoms with Crippen molar-refractivity contribution in [1.82, 2.24) is 10.4 Å². The van der Waals surface area contributed by atoms with Crippen LogP contribution in [0.4, 0.5) is 5.69 Å². The maximum Gasteiger partial charge on any atom is 0.267 e. The van der Waals surface area contributed by atoms with Gasteiger partial charge in [0.05, 0.1) is 5.92 Å². The van der Waals surface area contributed by atoms with Gasteiger partial charge in [-0.1, -0.05) is 41.9 Å². The van der Waals surface area contributed by atoms with Gasteiger partial charge in [-0.05, 0) is 42.3 Å². The second-order valence-electron chi connectivity index (χ2n) is 6.95. The molecule has 2 aromatic carbocycles. The molecule has 29 heavy (non-hydrogen) atoms. The van der Waals surface area contributed by atoms with Gasteiger partial charge in [-0.3, -0.25) is 14.8 Å². The molecule has 1 aliphatic rings. The molecule has 1 aliphatic heterocycles. The third-order valence-electron chi connectivity index (χ3n) is 5.13. The van der Waals surface area contributed by atoms with E-state index in [4.69, 9.17) is 16.8 Å². The van der Waals surface area contributed by atoms with Crippen LogP contribution in [0.1, 0.15) is 24.0 Å². The summed E-state index contributed by atoms with van der Waals surface area (Å²) in [7, 11) is 0. The highest BCUT2D eigenvalue weighted by Crippen LogP contribution is 2.25. The van der Waals surface area contributed by atoms with Crippen molar-refractivity contribution in [2.75, 3.05) is 31.1 Å².